The van der Waals surface area contributed by atoms with Crippen LogP contribution in [0.2, 0.25) is 0 Å². The van der Waals surface area contributed by atoms with Crippen molar-refractivity contribution in [3.63, 3.8) is 0 Å². The number of benzene rings is 1. The second-order valence-corrected chi connectivity index (χ2v) is 6.11. The highest BCUT2D eigenvalue weighted by Crippen LogP contribution is 2.26. The fourth-order valence-electron chi connectivity index (χ4n) is 2.15. The molecular formula is C16H28N2O5. The highest BCUT2D eigenvalue weighted by Gasteiger charge is 2.18. The minimum atomic E-state index is -2.04. The molecule has 0 aromatic heterocycles. The van der Waals surface area contributed by atoms with E-state index in [2.05, 4.69) is 17.6 Å². The Bertz CT molecular complexity index is 467. The maximum Gasteiger partial charge on any atom is 0.219 e. The van der Waals surface area contributed by atoms with Gasteiger partial charge in [-0.25, -0.2) is 0 Å². The number of hydrogen-bond acceptors (Lipinski definition) is 7. The molecule has 0 aliphatic rings. The molecule has 7 nitrogen and oxygen atoms in total. The summed E-state index contributed by atoms with van der Waals surface area (Å²) in [6.07, 6.45) is 2.83. The molecule has 0 amide bonds. The SMILES string of the molecule is CCCCc1cc(CNC(C)(O)O)c(O)c(CNC(C)(O)O)c1. The van der Waals surface area contributed by atoms with E-state index in [1.54, 1.807) is 0 Å². The van der Waals surface area contributed by atoms with E-state index in [0.29, 0.717) is 11.1 Å². The van der Waals surface area contributed by atoms with Gasteiger partial charge in [-0.2, -0.15) is 0 Å². The monoisotopic (exact) mass is 328 g/mol. The standard InChI is InChI=1S/C16H28N2O5/c1-4-5-6-11-7-12(9-17-15(2,20)21)14(19)13(8-11)10-18-16(3,22)23/h7-8,17-23H,4-6,9-10H2,1-3H3. The van der Waals surface area contributed by atoms with Crippen molar-refractivity contribution < 1.29 is 25.5 Å². The lowest BCUT2D eigenvalue weighted by atomic mass is 10.00. The van der Waals surface area contributed by atoms with E-state index in [1.165, 1.54) is 13.8 Å². The lowest BCUT2D eigenvalue weighted by Crippen LogP contribution is -2.41. The molecule has 0 atom stereocenters. The first-order valence-corrected chi connectivity index (χ1v) is 7.75. The number of hydrogen-bond donors (Lipinski definition) is 7. The Balaban J connectivity index is 3.01. The van der Waals surface area contributed by atoms with E-state index >= 15 is 0 Å². The third-order valence-corrected chi connectivity index (χ3v) is 3.37. The minimum absolute atomic E-state index is 0.0150. The normalized spacial score (nSPS) is 12.7. The molecule has 0 radical (unpaired) electrons. The molecule has 0 spiro atoms. The van der Waals surface area contributed by atoms with Crippen molar-refractivity contribution in [3.8, 4) is 5.75 Å². The molecule has 1 rings (SSSR count). The Morgan fingerprint density at radius 2 is 1.35 bits per heavy atom. The van der Waals surface area contributed by atoms with Gasteiger partial charge in [-0.3, -0.25) is 10.6 Å². The molecule has 0 saturated carbocycles. The topological polar surface area (TPSA) is 125 Å². The second kappa shape index (κ2) is 8.05. The smallest absolute Gasteiger partial charge is 0.219 e. The van der Waals surface area contributed by atoms with Crippen molar-refractivity contribution in [3.05, 3.63) is 28.8 Å². The molecule has 0 aliphatic heterocycles. The summed E-state index contributed by atoms with van der Waals surface area (Å²) in [5.41, 5.74) is 2.03. The van der Waals surface area contributed by atoms with E-state index in [4.69, 9.17) is 0 Å². The molecule has 7 heteroatoms. The summed E-state index contributed by atoms with van der Waals surface area (Å²) in [6, 6.07) is 3.62. The molecule has 0 heterocycles. The highest BCUT2D eigenvalue weighted by atomic mass is 16.5. The number of aromatic hydroxyl groups is 1. The molecule has 0 fully saturated rings. The van der Waals surface area contributed by atoms with Crippen LogP contribution in [0, 0.1) is 0 Å². The van der Waals surface area contributed by atoms with E-state index in [1.807, 2.05) is 12.1 Å². The summed E-state index contributed by atoms with van der Waals surface area (Å²) in [7, 11) is 0. The number of phenols is 1. The van der Waals surface area contributed by atoms with Gasteiger partial charge in [0, 0.05) is 38.1 Å². The third-order valence-electron chi connectivity index (χ3n) is 3.37. The molecule has 0 saturated heterocycles. The van der Waals surface area contributed by atoms with Crippen molar-refractivity contribution in [1.29, 1.82) is 0 Å². The van der Waals surface area contributed by atoms with E-state index in [9.17, 15) is 25.5 Å². The number of nitrogens with one attached hydrogen (secondary N) is 2. The molecule has 1 aromatic carbocycles. The summed E-state index contributed by atoms with van der Waals surface area (Å²) in [6.45, 7) is 4.60. The van der Waals surface area contributed by atoms with Gasteiger partial charge in [0.15, 0.2) is 0 Å². The van der Waals surface area contributed by atoms with Crippen LogP contribution in [0.4, 0.5) is 0 Å². The van der Waals surface area contributed by atoms with Crippen LogP contribution in [-0.2, 0) is 19.5 Å². The van der Waals surface area contributed by atoms with E-state index < -0.39 is 11.8 Å². The van der Waals surface area contributed by atoms with Crippen LogP contribution in [0.15, 0.2) is 12.1 Å². The van der Waals surface area contributed by atoms with Gasteiger partial charge in [-0.1, -0.05) is 25.5 Å². The quantitative estimate of drug-likeness (QED) is 0.324. The second-order valence-electron chi connectivity index (χ2n) is 6.11. The summed E-state index contributed by atoms with van der Waals surface area (Å²) >= 11 is 0. The van der Waals surface area contributed by atoms with E-state index in [0.717, 1.165) is 24.8 Å². The molecule has 132 valence electrons. The van der Waals surface area contributed by atoms with Crippen molar-refractivity contribution >= 4 is 0 Å². The fraction of sp³-hybridized carbons (Fsp3) is 0.625. The van der Waals surface area contributed by atoms with Crippen LogP contribution in [-0.4, -0.2) is 37.4 Å². The minimum Gasteiger partial charge on any atom is -0.507 e. The molecule has 1 aromatic rings. The first-order chi connectivity index (χ1) is 10.5. The molecular weight excluding hydrogens is 300 g/mol. The number of unbranched alkanes of at least 4 members (excludes halogenated alkanes) is 1. The maximum absolute atomic E-state index is 10.3. The van der Waals surface area contributed by atoms with E-state index in [-0.39, 0.29) is 18.8 Å². The largest absolute Gasteiger partial charge is 0.507 e. The van der Waals surface area contributed by atoms with Crippen LogP contribution in [0.5, 0.6) is 5.75 Å². The van der Waals surface area contributed by atoms with Crippen LogP contribution in [0.1, 0.15) is 50.3 Å². The Hall–Kier alpha value is -1.22. The molecule has 0 bridgehead atoms. The van der Waals surface area contributed by atoms with Gasteiger partial charge in [-0.05, 0) is 18.4 Å². The number of aliphatic hydroxyl groups is 4. The molecule has 0 unspecified atom stereocenters. The van der Waals surface area contributed by atoms with Crippen LogP contribution < -0.4 is 10.6 Å². The number of phenolic OH excluding ortho intramolecular Hbond substituents is 1. The highest BCUT2D eigenvalue weighted by molar-refractivity contribution is 5.44. The lowest BCUT2D eigenvalue weighted by molar-refractivity contribution is -0.171. The number of aryl methyl sites for hydroxylation is 1. The first-order valence-electron chi connectivity index (χ1n) is 7.75. The Morgan fingerprint density at radius 3 is 1.70 bits per heavy atom. The summed E-state index contributed by atoms with van der Waals surface area (Å²) < 4.78 is 0. The third kappa shape index (κ3) is 7.74. The van der Waals surface area contributed by atoms with Gasteiger partial charge in [0.2, 0.25) is 11.8 Å². The Labute approximate surface area is 136 Å². The zero-order chi connectivity index (χ0) is 17.7. The van der Waals surface area contributed by atoms with Crippen LogP contribution in [0.3, 0.4) is 0 Å². The van der Waals surface area contributed by atoms with Gasteiger partial charge in [0.05, 0.1) is 0 Å². The van der Waals surface area contributed by atoms with Gasteiger partial charge in [0.25, 0.3) is 0 Å². The van der Waals surface area contributed by atoms with Crippen LogP contribution >= 0.6 is 0 Å². The van der Waals surface area contributed by atoms with Gasteiger partial charge in [-0.15, -0.1) is 0 Å². The zero-order valence-electron chi connectivity index (χ0n) is 13.9. The average molecular weight is 328 g/mol. The number of rotatable bonds is 9. The maximum atomic E-state index is 10.3. The van der Waals surface area contributed by atoms with Crippen molar-refractivity contribution in [2.24, 2.45) is 0 Å². The Kier molecular flexibility index (Phi) is 6.94. The predicted octanol–water partition coefficient (Wildman–Crippen LogP) is 0.231. The zero-order valence-corrected chi connectivity index (χ0v) is 13.9. The molecule has 7 N–H and O–H groups in total. The summed E-state index contributed by atoms with van der Waals surface area (Å²) in [5, 5.41) is 52.7. The summed E-state index contributed by atoms with van der Waals surface area (Å²) in [4.78, 5) is 0. The van der Waals surface area contributed by atoms with Crippen molar-refractivity contribution in [1.82, 2.24) is 10.6 Å². The van der Waals surface area contributed by atoms with Crippen molar-refractivity contribution in [2.45, 2.75) is 64.9 Å². The molecule has 23 heavy (non-hydrogen) atoms. The van der Waals surface area contributed by atoms with Crippen molar-refractivity contribution in [2.75, 3.05) is 0 Å². The van der Waals surface area contributed by atoms with Gasteiger partial charge < -0.3 is 25.5 Å². The molecule has 0 aliphatic carbocycles. The average Bonchev–Trinajstić information content (AvgIpc) is 2.41. The predicted molar refractivity (Wildman–Crippen MR) is 86.1 cm³/mol. The van der Waals surface area contributed by atoms with Gasteiger partial charge >= 0.3 is 0 Å². The Morgan fingerprint density at radius 1 is 0.913 bits per heavy atom. The lowest BCUT2D eigenvalue weighted by Gasteiger charge is -2.21. The first kappa shape index (κ1) is 19.8. The van der Waals surface area contributed by atoms with Gasteiger partial charge in [0.1, 0.15) is 5.75 Å². The summed E-state index contributed by atoms with van der Waals surface area (Å²) in [5.74, 6) is -4.10. The fourth-order valence-corrected chi connectivity index (χ4v) is 2.15. The van der Waals surface area contributed by atoms with Crippen LogP contribution in [0.25, 0.3) is 0 Å².